The lowest BCUT2D eigenvalue weighted by Gasteiger charge is -2.23. The van der Waals surface area contributed by atoms with Crippen LogP contribution in [-0.4, -0.2) is 67.2 Å². The monoisotopic (exact) mass is 510 g/mol. The number of benzene rings is 2. The second-order valence-electron chi connectivity index (χ2n) is 7.73. The highest BCUT2D eigenvalue weighted by Gasteiger charge is 2.33. The highest BCUT2D eigenvalue weighted by atomic mass is 32.2. The first-order valence-corrected chi connectivity index (χ1v) is 14.1. The van der Waals surface area contributed by atoms with Gasteiger partial charge in [0.25, 0.3) is 20.2 Å². The molecule has 1 aliphatic carbocycles. The smallest absolute Gasteiger partial charge is 0.264 e. The molecule has 34 heavy (non-hydrogen) atoms. The molecule has 0 bridgehead atoms. The van der Waals surface area contributed by atoms with Crippen LogP contribution in [0, 0.1) is 0 Å². The van der Waals surface area contributed by atoms with Crippen molar-refractivity contribution in [3.05, 3.63) is 58.7 Å². The summed E-state index contributed by atoms with van der Waals surface area (Å²) in [6.07, 6.45) is 2.69. The zero-order valence-corrected chi connectivity index (χ0v) is 20.4. The molecule has 1 aliphatic rings. The molecule has 2 N–H and O–H groups in total. The minimum Gasteiger partial charge on any atom is -0.384 e. The fourth-order valence-electron chi connectivity index (χ4n) is 3.55. The summed E-state index contributed by atoms with van der Waals surface area (Å²) in [5.41, 5.74) is 2.01. The van der Waals surface area contributed by atoms with E-state index in [2.05, 4.69) is 10.6 Å². The van der Waals surface area contributed by atoms with Crippen LogP contribution >= 0.6 is 0 Å². The molecule has 0 aromatic heterocycles. The van der Waals surface area contributed by atoms with Crippen LogP contribution in [0.4, 0.5) is 11.4 Å². The Hall–Kier alpha value is -2.80. The number of hydrogen-bond acceptors (Lipinski definition) is 10. The van der Waals surface area contributed by atoms with Crippen LogP contribution < -0.4 is 10.6 Å². The fraction of sp³-hybridized carbons (Fsp3) is 0.364. The third-order valence-corrected chi connectivity index (χ3v) is 6.13. The molecule has 12 heteroatoms. The van der Waals surface area contributed by atoms with Crippen molar-refractivity contribution in [1.82, 2.24) is 0 Å². The number of nitrogens with one attached hydrogen (secondary N) is 2. The predicted molar refractivity (Wildman–Crippen MR) is 128 cm³/mol. The number of hydrogen-bond donors (Lipinski definition) is 2. The van der Waals surface area contributed by atoms with E-state index in [0.717, 1.165) is 12.5 Å². The largest absolute Gasteiger partial charge is 0.384 e. The van der Waals surface area contributed by atoms with E-state index in [-0.39, 0.29) is 47.0 Å². The zero-order chi connectivity index (χ0) is 24.9. The number of fused-ring (bicyclic) bond motifs is 2. The second-order valence-corrected chi connectivity index (χ2v) is 11.0. The topological polar surface area (TPSA) is 145 Å². The first-order valence-electron chi connectivity index (χ1n) is 10.5. The molecule has 2 aromatic rings. The second kappa shape index (κ2) is 10.6. The minimum atomic E-state index is -3.53. The van der Waals surface area contributed by atoms with Gasteiger partial charge in [-0.25, -0.2) is 0 Å². The van der Waals surface area contributed by atoms with Crippen LogP contribution in [0.3, 0.4) is 0 Å². The van der Waals surface area contributed by atoms with Gasteiger partial charge in [0.1, 0.15) is 0 Å². The van der Waals surface area contributed by atoms with Crippen LogP contribution in [0.2, 0.25) is 0 Å². The Labute approximate surface area is 198 Å². The van der Waals surface area contributed by atoms with Crippen LogP contribution in [0.1, 0.15) is 44.7 Å². The van der Waals surface area contributed by atoms with Gasteiger partial charge in [0.05, 0.1) is 36.9 Å². The van der Waals surface area contributed by atoms with Gasteiger partial charge in [0.2, 0.25) is 0 Å². The highest BCUT2D eigenvalue weighted by molar-refractivity contribution is 7.86. The summed E-state index contributed by atoms with van der Waals surface area (Å²) in [5.74, 6) is -0.603. The van der Waals surface area contributed by atoms with Gasteiger partial charge in [-0.15, -0.1) is 0 Å². The molecule has 0 amide bonds. The lowest BCUT2D eigenvalue weighted by molar-refractivity contribution is 0.0980. The Morgan fingerprint density at radius 1 is 0.676 bits per heavy atom. The average molecular weight is 511 g/mol. The lowest BCUT2D eigenvalue weighted by Crippen LogP contribution is -2.24. The molecule has 3 rings (SSSR count). The molecule has 0 unspecified atom stereocenters. The van der Waals surface area contributed by atoms with Gasteiger partial charge in [-0.1, -0.05) is 24.3 Å². The average Bonchev–Trinajstić information content (AvgIpc) is 2.75. The molecule has 0 atom stereocenters. The molecular weight excluding hydrogens is 484 g/mol. The maximum Gasteiger partial charge on any atom is 0.264 e. The van der Waals surface area contributed by atoms with E-state index in [9.17, 15) is 26.4 Å². The molecule has 10 nitrogen and oxygen atoms in total. The van der Waals surface area contributed by atoms with Crippen LogP contribution in [0.15, 0.2) is 36.4 Å². The maximum absolute atomic E-state index is 13.5. The number of carbonyl (C=O) groups excluding carboxylic acids is 2. The van der Waals surface area contributed by atoms with E-state index >= 15 is 0 Å². The van der Waals surface area contributed by atoms with E-state index in [1.165, 1.54) is 0 Å². The molecule has 184 valence electrons. The van der Waals surface area contributed by atoms with Crippen molar-refractivity contribution in [1.29, 1.82) is 0 Å². The van der Waals surface area contributed by atoms with Crippen molar-refractivity contribution in [2.24, 2.45) is 0 Å². The quantitative estimate of drug-likeness (QED) is 0.274. The van der Waals surface area contributed by atoms with E-state index in [0.29, 0.717) is 37.3 Å². The summed E-state index contributed by atoms with van der Waals surface area (Å²) in [6, 6.07) is 9.91. The van der Waals surface area contributed by atoms with Crippen molar-refractivity contribution in [3.8, 4) is 0 Å². The third-order valence-electron chi connectivity index (χ3n) is 4.94. The molecule has 0 saturated heterocycles. The van der Waals surface area contributed by atoms with Gasteiger partial charge >= 0.3 is 0 Å². The molecule has 0 spiro atoms. The predicted octanol–water partition coefficient (Wildman–Crippen LogP) is 2.02. The molecule has 0 aliphatic heterocycles. The summed E-state index contributed by atoms with van der Waals surface area (Å²) in [6.45, 7) is 0.655. The lowest BCUT2D eigenvalue weighted by atomic mass is 9.82. The van der Waals surface area contributed by atoms with Crippen molar-refractivity contribution in [2.45, 2.75) is 12.8 Å². The molecule has 0 radical (unpaired) electrons. The Kier molecular flexibility index (Phi) is 8.08. The Morgan fingerprint density at radius 2 is 1.09 bits per heavy atom. The molecule has 0 fully saturated rings. The van der Waals surface area contributed by atoms with Crippen molar-refractivity contribution in [2.75, 3.05) is 49.4 Å². The first-order chi connectivity index (χ1) is 16.0. The number of anilines is 2. The summed E-state index contributed by atoms with van der Waals surface area (Å²) in [7, 11) is -7.06. The number of carbonyl (C=O) groups is 2. The van der Waals surface area contributed by atoms with Crippen molar-refractivity contribution in [3.63, 3.8) is 0 Å². The van der Waals surface area contributed by atoms with Crippen molar-refractivity contribution < 1.29 is 34.8 Å². The summed E-state index contributed by atoms with van der Waals surface area (Å²) in [4.78, 5) is 26.6. The SMILES string of the molecule is CS(=O)(=O)OCCCNc1cccc2c1C(=O)c1c(NCCCOS(C)(=O)=O)cccc1C2=O. The molecule has 0 heterocycles. The van der Waals surface area contributed by atoms with Gasteiger partial charge in [-0.3, -0.25) is 18.0 Å². The standard InChI is InChI=1S/C22H26N2O8S2/c1-33(27,28)31-13-5-11-23-17-9-3-7-15-19(17)22(26)20-16(21(15)25)8-4-10-18(20)24-12-6-14-32-34(2,29)30/h3-4,7-10,23-24H,5-6,11-14H2,1-2H3. The first kappa shape index (κ1) is 25.8. The van der Waals surface area contributed by atoms with Crippen LogP contribution in [-0.2, 0) is 28.6 Å². The molecular formula is C22H26N2O8S2. The Bertz CT molecular complexity index is 1210. The van der Waals surface area contributed by atoms with E-state index < -0.39 is 20.2 Å². The third kappa shape index (κ3) is 6.63. The van der Waals surface area contributed by atoms with Crippen molar-refractivity contribution >= 4 is 43.2 Å². The van der Waals surface area contributed by atoms with Gasteiger partial charge < -0.3 is 10.6 Å². The van der Waals surface area contributed by atoms with Gasteiger partial charge in [0.15, 0.2) is 11.6 Å². The van der Waals surface area contributed by atoms with E-state index in [1.807, 2.05) is 0 Å². The Morgan fingerprint density at radius 3 is 1.47 bits per heavy atom. The molecule has 2 aromatic carbocycles. The zero-order valence-electron chi connectivity index (χ0n) is 18.8. The summed E-state index contributed by atoms with van der Waals surface area (Å²) >= 11 is 0. The minimum absolute atomic E-state index is 0.00627. The maximum atomic E-state index is 13.5. The van der Waals surface area contributed by atoms with Gasteiger partial charge in [0, 0.05) is 35.6 Å². The fourth-order valence-corrected chi connectivity index (χ4v) is 4.39. The van der Waals surface area contributed by atoms with Crippen LogP contribution in [0.25, 0.3) is 0 Å². The summed E-state index contributed by atoms with van der Waals surface area (Å²) < 4.78 is 53.7. The van der Waals surface area contributed by atoms with Gasteiger partial charge in [-0.05, 0) is 25.0 Å². The van der Waals surface area contributed by atoms with E-state index in [4.69, 9.17) is 8.37 Å². The van der Waals surface area contributed by atoms with E-state index in [1.54, 1.807) is 36.4 Å². The summed E-state index contributed by atoms with van der Waals surface area (Å²) in [5, 5.41) is 6.19. The van der Waals surface area contributed by atoms with Gasteiger partial charge in [-0.2, -0.15) is 16.8 Å². The number of rotatable bonds is 12. The Balaban J connectivity index is 1.76. The normalized spacial score (nSPS) is 13.4. The highest BCUT2D eigenvalue weighted by Crippen LogP contribution is 2.35. The molecule has 0 saturated carbocycles. The van der Waals surface area contributed by atoms with Crippen LogP contribution in [0.5, 0.6) is 0 Å². The number of ketones is 2.